The summed E-state index contributed by atoms with van der Waals surface area (Å²) in [6.07, 6.45) is 0. The monoisotopic (exact) mass is 737 g/mol. The summed E-state index contributed by atoms with van der Waals surface area (Å²) in [6.45, 7) is 0. The Kier molecular flexibility index (Phi) is 6.67. The van der Waals surface area contributed by atoms with E-state index in [1.165, 1.54) is 102 Å². The molecule has 0 unspecified atom stereocenters. The summed E-state index contributed by atoms with van der Waals surface area (Å²) in [5, 5.41) is 5.08. The topological polar surface area (TPSA) is 14.8 Å². The van der Waals surface area contributed by atoms with Crippen molar-refractivity contribution in [3.05, 3.63) is 188 Å². The number of nitrogens with zero attached hydrogens (tertiary/aromatic N) is 3. The van der Waals surface area contributed by atoms with Crippen LogP contribution in [0.15, 0.2) is 188 Å². The molecule has 0 bridgehead atoms. The zero-order chi connectivity index (χ0) is 36.0. The van der Waals surface area contributed by atoms with Crippen LogP contribution in [0.25, 0.3) is 102 Å². The van der Waals surface area contributed by atoms with E-state index >= 15 is 0 Å². The van der Waals surface area contributed by atoms with Crippen molar-refractivity contribution in [2.24, 2.45) is 0 Å². The van der Waals surface area contributed by atoms with Crippen LogP contribution in [0, 0.1) is 0 Å². The summed E-state index contributed by atoms with van der Waals surface area (Å²) in [5.74, 6) is 0. The minimum absolute atomic E-state index is 1.18. The number of fused-ring (bicyclic) bond motifs is 9. The maximum absolute atomic E-state index is 2.46. The first-order valence-electron chi connectivity index (χ1n) is 18.6. The van der Waals surface area contributed by atoms with Crippen molar-refractivity contribution in [2.45, 2.75) is 0 Å². The third kappa shape index (κ3) is 4.61. The fourth-order valence-corrected chi connectivity index (χ4v) is 11.1. The zero-order valence-electron chi connectivity index (χ0n) is 29.6. The van der Waals surface area contributed by atoms with Gasteiger partial charge in [0, 0.05) is 48.4 Å². The first-order valence-corrected chi connectivity index (χ1v) is 20.2. The van der Waals surface area contributed by atoms with Crippen molar-refractivity contribution in [1.82, 2.24) is 13.7 Å². The van der Waals surface area contributed by atoms with Crippen molar-refractivity contribution >= 4 is 86.7 Å². The van der Waals surface area contributed by atoms with Gasteiger partial charge in [-0.1, -0.05) is 103 Å². The molecule has 0 spiro atoms. The second-order valence-corrected chi connectivity index (χ2v) is 16.3. The van der Waals surface area contributed by atoms with Crippen LogP contribution in [-0.4, -0.2) is 13.7 Å². The Balaban J connectivity index is 1.04. The maximum Gasteiger partial charge on any atom is 0.0711 e. The molecule has 0 aliphatic rings. The summed E-state index contributed by atoms with van der Waals surface area (Å²) in [5.41, 5.74) is 13.4. The van der Waals surface area contributed by atoms with Crippen molar-refractivity contribution in [3.8, 4) is 37.9 Å². The highest BCUT2D eigenvalue weighted by Gasteiger charge is 2.22. The van der Waals surface area contributed by atoms with Gasteiger partial charge in [0.2, 0.25) is 0 Å². The van der Waals surface area contributed by atoms with E-state index in [0.29, 0.717) is 0 Å². The standard InChI is InChI=1S/C50H31N3S2/c1-4-14-34(15-5-1)51-41-22-12-10-20-37(41)39-28-32(24-26-43(39)51)47-30-45-49(54-47)50-46(53(45)36-18-8-3-9-19-36)31-48(55-50)33-25-27-44-40(29-33)38-21-11-13-23-42(38)52(44)35-16-6-2-7-17-35/h1-31H. The van der Waals surface area contributed by atoms with Gasteiger partial charge in [-0.25, -0.2) is 0 Å². The number of para-hydroxylation sites is 5. The second kappa shape index (κ2) is 11.9. The number of hydrogen-bond donors (Lipinski definition) is 0. The molecule has 12 aromatic rings. The van der Waals surface area contributed by atoms with Crippen LogP contribution in [0.4, 0.5) is 0 Å². The Morgan fingerprint density at radius 3 is 1.04 bits per heavy atom. The van der Waals surface area contributed by atoms with Crippen molar-refractivity contribution in [1.29, 1.82) is 0 Å². The quantitative estimate of drug-likeness (QED) is 0.167. The van der Waals surface area contributed by atoms with Gasteiger partial charge in [-0.3, -0.25) is 0 Å². The minimum Gasteiger partial charge on any atom is -0.309 e. The first kappa shape index (κ1) is 30.8. The number of thiophene rings is 2. The van der Waals surface area contributed by atoms with Gasteiger partial charge in [0.1, 0.15) is 0 Å². The molecule has 5 aromatic heterocycles. The third-order valence-electron chi connectivity index (χ3n) is 11.1. The van der Waals surface area contributed by atoms with E-state index in [4.69, 9.17) is 0 Å². The maximum atomic E-state index is 2.46. The second-order valence-electron chi connectivity index (χ2n) is 14.2. The van der Waals surface area contributed by atoms with Gasteiger partial charge in [0.15, 0.2) is 0 Å². The molecular weight excluding hydrogens is 707 g/mol. The minimum atomic E-state index is 1.18. The Hall–Kier alpha value is -6.66. The van der Waals surface area contributed by atoms with Gasteiger partial charge in [-0.15, -0.1) is 22.7 Å². The number of aromatic nitrogens is 3. The molecule has 0 aliphatic carbocycles. The number of benzene rings is 7. The molecule has 0 saturated carbocycles. The smallest absolute Gasteiger partial charge is 0.0711 e. The van der Waals surface area contributed by atoms with Gasteiger partial charge in [0.25, 0.3) is 0 Å². The van der Waals surface area contributed by atoms with Gasteiger partial charge >= 0.3 is 0 Å². The SMILES string of the molecule is c1ccc(-n2c3ccccc3c3cc(-c4cc5c(s4)c4sc(-c6ccc7c(c6)c6ccccc6n7-c6ccccc6)cc4n5-c4ccccc4)ccc32)cc1. The summed E-state index contributed by atoms with van der Waals surface area (Å²) < 4.78 is 9.90. The molecule has 3 nitrogen and oxygen atoms in total. The van der Waals surface area contributed by atoms with E-state index in [1.54, 1.807) is 0 Å². The average molecular weight is 738 g/mol. The van der Waals surface area contributed by atoms with Crippen molar-refractivity contribution in [3.63, 3.8) is 0 Å². The Bertz CT molecular complexity index is 3200. The van der Waals surface area contributed by atoms with E-state index in [1.807, 2.05) is 22.7 Å². The number of hydrogen-bond acceptors (Lipinski definition) is 2. The van der Waals surface area contributed by atoms with Crippen LogP contribution in [0.3, 0.4) is 0 Å². The molecule has 0 fully saturated rings. The van der Waals surface area contributed by atoms with E-state index in [2.05, 4.69) is 202 Å². The van der Waals surface area contributed by atoms with Gasteiger partial charge < -0.3 is 13.7 Å². The zero-order valence-corrected chi connectivity index (χ0v) is 31.2. The molecule has 12 rings (SSSR count). The first-order chi connectivity index (χ1) is 27.3. The largest absolute Gasteiger partial charge is 0.309 e. The van der Waals surface area contributed by atoms with Crippen molar-refractivity contribution in [2.75, 3.05) is 0 Å². The molecule has 0 aliphatic heterocycles. The number of rotatable bonds is 5. The predicted molar refractivity (Wildman–Crippen MR) is 236 cm³/mol. The Morgan fingerprint density at radius 1 is 0.273 bits per heavy atom. The highest BCUT2D eigenvalue weighted by Crippen LogP contribution is 2.48. The van der Waals surface area contributed by atoms with Crippen LogP contribution in [0.1, 0.15) is 0 Å². The molecule has 0 radical (unpaired) electrons. The van der Waals surface area contributed by atoms with E-state index in [9.17, 15) is 0 Å². The Morgan fingerprint density at radius 2 is 0.618 bits per heavy atom. The lowest BCUT2D eigenvalue weighted by Crippen LogP contribution is -1.92. The lowest BCUT2D eigenvalue weighted by Gasteiger charge is -2.08. The molecule has 0 N–H and O–H groups in total. The molecule has 0 atom stereocenters. The lowest BCUT2D eigenvalue weighted by atomic mass is 10.1. The lowest BCUT2D eigenvalue weighted by molar-refractivity contribution is 1.18. The normalized spacial score (nSPS) is 12.0. The summed E-state index contributed by atoms with van der Waals surface area (Å²) >= 11 is 3.81. The third-order valence-corrected chi connectivity index (χ3v) is 13.6. The Labute approximate surface area is 324 Å². The molecule has 0 saturated heterocycles. The van der Waals surface area contributed by atoms with Crippen LogP contribution in [0.5, 0.6) is 0 Å². The molecule has 55 heavy (non-hydrogen) atoms. The summed E-state index contributed by atoms with van der Waals surface area (Å²) in [6, 6.07) is 68.6. The highest BCUT2D eigenvalue weighted by atomic mass is 32.1. The van der Waals surface area contributed by atoms with Crippen molar-refractivity contribution < 1.29 is 0 Å². The van der Waals surface area contributed by atoms with Gasteiger partial charge in [-0.2, -0.15) is 0 Å². The average Bonchev–Trinajstić information content (AvgIpc) is 4.06. The molecular formula is C50H31N3S2. The highest BCUT2D eigenvalue weighted by molar-refractivity contribution is 7.30. The van der Waals surface area contributed by atoms with Crippen LogP contribution >= 0.6 is 22.7 Å². The predicted octanol–water partition coefficient (Wildman–Crippen LogP) is 14.4. The van der Waals surface area contributed by atoms with Gasteiger partial charge in [-0.05, 0) is 96.1 Å². The van der Waals surface area contributed by atoms with E-state index in [0.717, 1.165) is 0 Å². The molecule has 5 heterocycles. The summed E-state index contributed by atoms with van der Waals surface area (Å²) in [7, 11) is 0. The fourth-order valence-electron chi connectivity index (χ4n) is 8.65. The molecule has 5 heteroatoms. The molecule has 7 aromatic carbocycles. The van der Waals surface area contributed by atoms with Gasteiger partial charge in [0.05, 0.1) is 42.5 Å². The molecule has 0 amide bonds. The fraction of sp³-hybridized carbons (Fsp3) is 0. The van der Waals surface area contributed by atoms with E-state index < -0.39 is 0 Å². The van der Waals surface area contributed by atoms with Crippen LogP contribution < -0.4 is 0 Å². The summed E-state index contributed by atoms with van der Waals surface area (Å²) in [4.78, 5) is 2.56. The van der Waals surface area contributed by atoms with Crippen LogP contribution in [-0.2, 0) is 0 Å². The van der Waals surface area contributed by atoms with Crippen LogP contribution in [0.2, 0.25) is 0 Å². The van der Waals surface area contributed by atoms with E-state index in [-0.39, 0.29) is 0 Å². The molecule has 258 valence electrons.